The molecule has 1 aromatic rings. The number of nitrogens with zero attached hydrogens (tertiary/aromatic N) is 1. The average Bonchev–Trinajstić information content (AvgIpc) is 2.44. The fourth-order valence-electron chi connectivity index (χ4n) is 1.72. The van der Waals surface area contributed by atoms with E-state index in [1.165, 1.54) is 11.1 Å². The number of hydrogen-bond acceptors (Lipinski definition) is 2. The molecule has 0 saturated heterocycles. The van der Waals surface area contributed by atoms with Crippen LogP contribution in [0, 0.1) is 6.92 Å². The van der Waals surface area contributed by atoms with Crippen molar-refractivity contribution in [1.82, 2.24) is 16.0 Å². The molecule has 0 aliphatic carbocycles. The van der Waals surface area contributed by atoms with Crippen molar-refractivity contribution in [1.29, 1.82) is 0 Å². The SMILES string of the molecule is CCNC(=O)CNC(=NCc1ccccc1C)NCC.I. The molecule has 5 nitrogen and oxygen atoms in total. The molecular weight excluding hydrogens is 379 g/mol. The summed E-state index contributed by atoms with van der Waals surface area (Å²) in [7, 11) is 0. The molecule has 3 N–H and O–H groups in total. The highest BCUT2D eigenvalue weighted by atomic mass is 127. The number of benzene rings is 1. The van der Waals surface area contributed by atoms with E-state index in [2.05, 4.69) is 40.0 Å². The highest BCUT2D eigenvalue weighted by Crippen LogP contribution is 2.07. The van der Waals surface area contributed by atoms with Crippen LogP contribution in [-0.4, -0.2) is 31.5 Å². The van der Waals surface area contributed by atoms with E-state index in [0.29, 0.717) is 19.0 Å². The van der Waals surface area contributed by atoms with Gasteiger partial charge in [0.25, 0.3) is 0 Å². The van der Waals surface area contributed by atoms with Crippen LogP contribution in [0.4, 0.5) is 0 Å². The summed E-state index contributed by atoms with van der Waals surface area (Å²) < 4.78 is 0. The zero-order valence-corrected chi connectivity index (χ0v) is 15.2. The largest absolute Gasteiger partial charge is 0.357 e. The van der Waals surface area contributed by atoms with Crippen LogP contribution in [0.1, 0.15) is 25.0 Å². The highest BCUT2D eigenvalue weighted by Gasteiger charge is 2.02. The molecule has 0 saturated carbocycles. The molecule has 6 heteroatoms. The van der Waals surface area contributed by atoms with Crippen LogP contribution in [0.3, 0.4) is 0 Å². The minimum atomic E-state index is -0.0333. The monoisotopic (exact) mass is 404 g/mol. The van der Waals surface area contributed by atoms with Crippen molar-refractivity contribution in [2.75, 3.05) is 19.6 Å². The summed E-state index contributed by atoms with van der Waals surface area (Å²) in [6.07, 6.45) is 0. The molecule has 118 valence electrons. The number of carbonyl (C=O) groups excluding carboxylic acids is 1. The number of halogens is 1. The summed E-state index contributed by atoms with van der Waals surface area (Å²) in [4.78, 5) is 15.9. The Balaban J connectivity index is 0.00000400. The van der Waals surface area contributed by atoms with Crippen molar-refractivity contribution >= 4 is 35.8 Å². The minimum Gasteiger partial charge on any atom is -0.357 e. The first kappa shape index (κ1) is 19.7. The number of nitrogens with one attached hydrogen (secondary N) is 3. The molecule has 0 aliphatic rings. The number of rotatable bonds is 6. The minimum absolute atomic E-state index is 0. The van der Waals surface area contributed by atoms with Gasteiger partial charge in [-0.3, -0.25) is 4.79 Å². The van der Waals surface area contributed by atoms with Gasteiger partial charge in [0.2, 0.25) is 5.91 Å². The first-order valence-corrected chi connectivity index (χ1v) is 7.00. The second kappa shape index (κ2) is 11.4. The lowest BCUT2D eigenvalue weighted by atomic mass is 10.1. The number of hydrogen-bond donors (Lipinski definition) is 3. The van der Waals surface area contributed by atoms with Gasteiger partial charge in [0, 0.05) is 13.1 Å². The highest BCUT2D eigenvalue weighted by molar-refractivity contribution is 14.0. The maximum absolute atomic E-state index is 11.4. The van der Waals surface area contributed by atoms with Crippen LogP contribution >= 0.6 is 24.0 Å². The van der Waals surface area contributed by atoms with E-state index >= 15 is 0 Å². The number of aliphatic imine (C=N–C) groups is 1. The van der Waals surface area contributed by atoms with Crippen molar-refractivity contribution < 1.29 is 4.79 Å². The van der Waals surface area contributed by atoms with Crippen molar-refractivity contribution in [2.45, 2.75) is 27.3 Å². The third kappa shape index (κ3) is 7.89. The van der Waals surface area contributed by atoms with E-state index in [1.54, 1.807) is 0 Å². The second-order valence-corrected chi connectivity index (χ2v) is 4.43. The summed E-state index contributed by atoms with van der Waals surface area (Å²) >= 11 is 0. The fourth-order valence-corrected chi connectivity index (χ4v) is 1.72. The Morgan fingerprint density at radius 2 is 1.76 bits per heavy atom. The average molecular weight is 404 g/mol. The van der Waals surface area contributed by atoms with Gasteiger partial charge in [-0.25, -0.2) is 4.99 Å². The quantitative estimate of drug-likeness (QED) is 0.385. The summed E-state index contributed by atoms with van der Waals surface area (Å²) in [5.74, 6) is 0.621. The Morgan fingerprint density at radius 3 is 2.38 bits per heavy atom. The molecule has 0 heterocycles. The molecule has 21 heavy (non-hydrogen) atoms. The third-order valence-corrected chi connectivity index (χ3v) is 2.80. The van der Waals surface area contributed by atoms with Gasteiger partial charge in [0.1, 0.15) is 0 Å². The summed E-state index contributed by atoms with van der Waals surface area (Å²) in [5.41, 5.74) is 2.40. The summed E-state index contributed by atoms with van der Waals surface area (Å²) in [5, 5.41) is 8.89. The zero-order valence-electron chi connectivity index (χ0n) is 12.9. The maximum Gasteiger partial charge on any atom is 0.239 e. The molecule has 0 fully saturated rings. The first-order chi connectivity index (χ1) is 9.67. The van der Waals surface area contributed by atoms with Gasteiger partial charge in [-0.05, 0) is 31.9 Å². The Hall–Kier alpha value is -1.31. The Morgan fingerprint density at radius 1 is 1.10 bits per heavy atom. The van der Waals surface area contributed by atoms with Crippen LogP contribution in [0.15, 0.2) is 29.3 Å². The molecule has 1 rings (SSSR count). The number of likely N-dealkylation sites (N-methyl/N-ethyl adjacent to an activating group) is 1. The predicted octanol–water partition coefficient (Wildman–Crippen LogP) is 1.80. The van der Waals surface area contributed by atoms with Gasteiger partial charge in [0.05, 0.1) is 13.1 Å². The fraction of sp³-hybridized carbons (Fsp3) is 0.467. The molecular formula is C15H25IN4O. The summed E-state index contributed by atoms with van der Waals surface area (Å²) in [6.45, 7) is 8.18. The van der Waals surface area contributed by atoms with E-state index in [-0.39, 0.29) is 36.4 Å². The molecule has 0 aromatic heterocycles. The zero-order chi connectivity index (χ0) is 14.8. The number of amides is 1. The van der Waals surface area contributed by atoms with Gasteiger partial charge >= 0.3 is 0 Å². The lowest BCUT2D eigenvalue weighted by molar-refractivity contribution is -0.119. The van der Waals surface area contributed by atoms with Gasteiger partial charge in [-0.15, -0.1) is 24.0 Å². The van der Waals surface area contributed by atoms with E-state index < -0.39 is 0 Å². The van der Waals surface area contributed by atoms with E-state index in [1.807, 2.05) is 26.0 Å². The van der Waals surface area contributed by atoms with E-state index in [9.17, 15) is 4.79 Å². The van der Waals surface area contributed by atoms with Gasteiger partial charge in [-0.1, -0.05) is 24.3 Å². The van der Waals surface area contributed by atoms with Crippen LogP contribution < -0.4 is 16.0 Å². The molecule has 0 aliphatic heterocycles. The lowest BCUT2D eigenvalue weighted by Crippen LogP contribution is -2.43. The smallest absolute Gasteiger partial charge is 0.239 e. The number of aryl methyl sites for hydroxylation is 1. The molecule has 0 atom stereocenters. The van der Waals surface area contributed by atoms with E-state index in [4.69, 9.17) is 0 Å². The van der Waals surface area contributed by atoms with Crippen molar-refractivity contribution in [3.8, 4) is 0 Å². The van der Waals surface area contributed by atoms with Crippen LogP contribution in [-0.2, 0) is 11.3 Å². The van der Waals surface area contributed by atoms with Crippen molar-refractivity contribution in [3.05, 3.63) is 35.4 Å². The lowest BCUT2D eigenvalue weighted by Gasteiger charge is -2.11. The van der Waals surface area contributed by atoms with Crippen LogP contribution in [0.25, 0.3) is 0 Å². The van der Waals surface area contributed by atoms with Crippen molar-refractivity contribution in [2.24, 2.45) is 4.99 Å². The molecule has 1 amide bonds. The molecule has 0 bridgehead atoms. The topological polar surface area (TPSA) is 65.5 Å². The molecule has 0 radical (unpaired) electrons. The van der Waals surface area contributed by atoms with Crippen LogP contribution in [0.5, 0.6) is 0 Å². The first-order valence-electron chi connectivity index (χ1n) is 7.00. The third-order valence-electron chi connectivity index (χ3n) is 2.80. The Kier molecular flexibility index (Phi) is 10.7. The Labute approximate surface area is 144 Å². The summed E-state index contributed by atoms with van der Waals surface area (Å²) in [6, 6.07) is 8.15. The standard InChI is InChI=1S/C15H24N4O.HI/c1-4-16-14(20)11-19-15(17-5-2)18-10-13-9-7-6-8-12(13)3;/h6-9H,4-5,10-11H2,1-3H3,(H,16,20)(H2,17,18,19);1H. The Bertz CT molecular complexity index is 463. The molecule has 0 spiro atoms. The predicted molar refractivity (Wildman–Crippen MR) is 98.1 cm³/mol. The van der Waals surface area contributed by atoms with Gasteiger partial charge in [0.15, 0.2) is 5.96 Å². The normalized spacial score (nSPS) is 10.5. The van der Waals surface area contributed by atoms with Crippen molar-refractivity contribution in [3.63, 3.8) is 0 Å². The van der Waals surface area contributed by atoms with Gasteiger partial charge in [-0.2, -0.15) is 0 Å². The maximum atomic E-state index is 11.4. The number of guanidine groups is 1. The van der Waals surface area contributed by atoms with E-state index in [0.717, 1.165) is 6.54 Å². The molecule has 0 unspecified atom stereocenters. The second-order valence-electron chi connectivity index (χ2n) is 4.43. The molecule has 1 aromatic carbocycles. The van der Waals surface area contributed by atoms with Crippen LogP contribution in [0.2, 0.25) is 0 Å². The number of carbonyl (C=O) groups is 1. The van der Waals surface area contributed by atoms with Gasteiger partial charge < -0.3 is 16.0 Å².